The maximum Gasteiger partial charge on any atom is 0.418 e. The fraction of sp³-hybridized carbons (Fsp3) is 0.407. The maximum absolute atomic E-state index is 13.2. The number of nitrogens with one attached hydrogen (secondary N) is 2. The number of urea groups is 1. The molecule has 36 heavy (non-hydrogen) atoms. The minimum absolute atomic E-state index is 0.0547. The fourth-order valence-electron chi connectivity index (χ4n) is 4.16. The zero-order valence-electron chi connectivity index (χ0n) is 20.9. The molecule has 194 valence electrons. The smallest absolute Gasteiger partial charge is 0.329 e. The molecule has 1 aliphatic rings. The Morgan fingerprint density at radius 3 is 2.42 bits per heavy atom. The summed E-state index contributed by atoms with van der Waals surface area (Å²) in [6.07, 6.45) is -3.91. The lowest BCUT2D eigenvalue weighted by Gasteiger charge is -2.31. The van der Waals surface area contributed by atoms with Gasteiger partial charge in [0.25, 0.3) is 0 Å². The molecule has 2 N–H and O–H groups in total. The molecule has 0 aliphatic carbocycles. The highest BCUT2D eigenvalue weighted by atomic mass is 19.4. The van der Waals surface area contributed by atoms with Crippen LogP contribution in [0, 0.1) is 0 Å². The summed E-state index contributed by atoms with van der Waals surface area (Å²) >= 11 is 0. The molecule has 0 radical (unpaired) electrons. The van der Waals surface area contributed by atoms with Gasteiger partial charge in [-0.2, -0.15) is 13.2 Å². The van der Waals surface area contributed by atoms with E-state index in [1.165, 1.54) is 18.2 Å². The van der Waals surface area contributed by atoms with Crippen LogP contribution in [0.15, 0.2) is 55.1 Å². The van der Waals surface area contributed by atoms with E-state index in [0.717, 1.165) is 22.8 Å². The first-order valence-electron chi connectivity index (χ1n) is 11.9. The number of amides is 3. The Morgan fingerprint density at radius 1 is 1.00 bits per heavy atom. The van der Waals surface area contributed by atoms with Crippen molar-refractivity contribution in [1.82, 2.24) is 15.1 Å². The van der Waals surface area contributed by atoms with E-state index in [9.17, 15) is 22.8 Å². The van der Waals surface area contributed by atoms with E-state index >= 15 is 0 Å². The van der Waals surface area contributed by atoms with Crippen molar-refractivity contribution >= 4 is 23.2 Å². The van der Waals surface area contributed by atoms with Crippen molar-refractivity contribution < 1.29 is 22.8 Å². The first-order valence-corrected chi connectivity index (χ1v) is 11.9. The molecule has 1 fully saturated rings. The fourth-order valence-corrected chi connectivity index (χ4v) is 4.16. The molecule has 9 heteroatoms. The highest BCUT2D eigenvalue weighted by Crippen LogP contribution is 2.34. The van der Waals surface area contributed by atoms with Crippen molar-refractivity contribution in [2.45, 2.75) is 38.9 Å². The van der Waals surface area contributed by atoms with Gasteiger partial charge >= 0.3 is 12.2 Å². The van der Waals surface area contributed by atoms with Crippen molar-refractivity contribution in [3.63, 3.8) is 0 Å². The van der Waals surface area contributed by atoms with Gasteiger partial charge in [0.15, 0.2) is 0 Å². The highest BCUT2D eigenvalue weighted by molar-refractivity contribution is 5.93. The predicted molar refractivity (Wildman–Crippen MR) is 135 cm³/mol. The summed E-state index contributed by atoms with van der Waals surface area (Å²) in [5.74, 6) is -0.525. The number of allylic oxidation sites excluding steroid dienone is 1. The van der Waals surface area contributed by atoms with Crippen LogP contribution in [0.4, 0.5) is 23.7 Å². The lowest BCUT2D eigenvalue weighted by atomic mass is 9.92. The minimum Gasteiger partial charge on any atom is -0.329 e. The van der Waals surface area contributed by atoms with E-state index in [4.69, 9.17) is 0 Å². The Labute approximate surface area is 210 Å². The zero-order chi connectivity index (χ0) is 26.5. The van der Waals surface area contributed by atoms with Crippen LogP contribution in [0.25, 0.3) is 5.57 Å². The molecule has 2 aromatic rings. The number of nitrogens with zero attached hydrogens (tertiary/aromatic N) is 2. The third-order valence-corrected chi connectivity index (χ3v) is 6.25. The molecule has 0 unspecified atom stereocenters. The number of halogens is 3. The normalized spacial score (nSPS) is 15.2. The third-order valence-electron chi connectivity index (χ3n) is 6.25. The Bertz CT molecular complexity index is 1110. The average molecular weight is 503 g/mol. The molecule has 1 aliphatic heterocycles. The number of benzene rings is 2. The predicted octanol–water partition coefficient (Wildman–Crippen LogP) is 5.33. The van der Waals surface area contributed by atoms with E-state index < -0.39 is 23.2 Å². The van der Waals surface area contributed by atoms with Gasteiger partial charge in [-0.15, -0.1) is 0 Å². The van der Waals surface area contributed by atoms with Crippen LogP contribution in [0.2, 0.25) is 0 Å². The molecule has 3 rings (SSSR count). The van der Waals surface area contributed by atoms with Crippen LogP contribution < -0.4 is 10.6 Å². The second-order valence-electron chi connectivity index (χ2n) is 9.62. The largest absolute Gasteiger partial charge is 0.418 e. The lowest BCUT2D eigenvalue weighted by molar-refractivity contribution is -0.137. The van der Waals surface area contributed by atoms with Crippen LogP contribution in [-0.2, 0) is 16.5 Å². The molecular weight excluding hydrogens is 469 g/mol. The summed E-state index contributed by atoms with van der Waals surface area (Å²) in [5.41, 5.74) is 1.16. The van der Waals surface area contributed by atoms with Crippen molar-refractivity contribution in [1.29, 1.82) is 0 Å². The first kappa shape index (κ1) is 27.3. The lowest BCUT2D eigenvalue weighted by Crippen LogP contribution is -2.49. The summed E-state index contributed by atoms with van der Waals surface area (Å²) < 4.78 is 39.6. The molecule has 0 bridgehead atoms. The zero-order valence-corrected chi connectivity index (χ0v) is 20.9. The monoisotopic (exact) mass is 502 g/mol. The molecule has 1 saturated heterocycles. The molecule has 6 nitrogen and oxygen atoms in total. The number of alkyl halides is 3. The van der Waals surface area contributed by atoms with Gasteiger partial charge in [-0.3, -0.25) is 9.69 Å². The van der Waals surface area contributed by atoms with Crippen LogP contribution in [0.3, 0.4) is 0 Å². The maximum atomic E-state index is 13.2. The van der Waals surface area contributed by atoms with E-state index in [1.54, 1.807) is 4.90 Å². The Hall–Kier alpha value is -3.33. The minimum atomic E-state index is -4.56. The highest BCUT2D eigenvalue weighted by Gasteiger charge is 2.34. The number of rotatable bonds is 6. The SMILES string of the molecule is C=C(C)c1cccc(C(C)(C)NC(=O)N2CCCN(CC(=O)Nc3ccccc3C(F)(F)F)CC2)c1. The summed E-state index contributed by atoms with van der Waals surface area (Å²) in [6.45, 7) is 11.7. The molecule has 1 heterocycles. The third kappa shape index (κ3) is 7.10. The quantitative estimate of drug-likeness (QED) is 0.561. The van der Waals surface area contributed by atoms with E-state index in [2.05, 4.69) is 17.2 Å². The second-order valence-corrected chi connectivity index (χ2v) is 9.62. The number of hydrogen-bond donors (Lipinski definition) is 2. The standard InChI is InChI=1S/C27H33F3N4O2/c1-19(2)20-9-7-10-21(17-20)26(3,4)32-25(36)34-14-8-13-33(15-16-34)18-24(35)31-23-12-6-5-11-22(23)27(28,29)30/h5-7,9-12,17H,1,8,13-16,18H2,2-4H3,(H,31,35)(H,32,36). The van der Waals surface area contributed by atoms with Gasteiger partial charge in [-0.05, 0) is 56.5 Å². The molecule has 3 amide bonds. The Balaban J connectivity index is 1.57. The molecule has 0 spiro atoms. The first-order chi connectivity index (χ1) is 16.9. The van der Waals surface area contributed by atoms with Gasteiger partial charge in [0.1, 0.15) is 0 Å². The molecule has 0 aromatic heterocycles. The number of para-hydroxylation sites is 1. The molecule has 0 atom stereocenters. The van der Waals surface area contributed by atoms with Crippen LogP contribution in [0.1, 0.15) is 43.9 Å². The second kappa shape index (κ2) is 11.2. The van der Waals surface area contributed by atoms with Gasteiger partial charge in [-0.1, -0.05) is 42.5 Å². The topological polar surface area (TPSA) is 64.7 Å². The van der Waals surface area contributed by atoms with Gasteiger partial charge in [-0.25, -0.2) is 4.79 Å². The van der Waals surface area contributed by atoms with Gasteiger partial charge in [0, 0.05) is 26.2 Å². The van der Waals surface area contributed by atoms with Crippen molar-refractivity contribution in [2.75, 3.05) is 38.0 Å². The van der Waals surface area contributed by atoms with Crippen LogP contribution in [0.5, 0.6) is 0 Å². The number of anilines is 1. The van der Waals surface area contributed by atoms with E-state index in [0.29, 0.717) is 32.6 Å². The summed E-state index contributed by atoms with van der Waals surface area (Å²) in [5, 5.41) is 5.48. The Morgan fingerprint density at radius 2 is 1.72 bits per heavy atom. The van der Waals surface area contributed by atoms with Crippen molar-refractivity contribution in [3.8, 4) is 0 Å². The Kier molecular flexibility index (Phi) is 8.45. The number of hydrogen-bond acceptors (Lipinski definition) is 3. The van der Waals surface area contributed by atoms with E-state index in [-0.39, 0.29) is 18.3 Å². The molecule has 2 aromatic carbocycles. The summed E-state index contributed by atoms with van der Waals surface area (Å²) in [7, 11) is 0. The van der Waals surface area contributed by atoms with Gasteiger partial charge in [0.05, 0.1) is 23.3 Å². The van der Waals surface area contributed by atoms with Crippen molar-refractivity contribution in [2.24, 2.45) is 0 Å². The van der Waals surface area contributed by atoms with Gasteiger partial charge in [0.2, 0.25) is 5.91 Å². The van der Waals surface area contributed by atoms with Crippen molar-refractivity contribution in [3.05, 3.63) is 71.8 Å². The van der Waals surface area contributed by atoms with Crippen LogP contribution in [-0.4, -0.2) is 54.5 Å². The van der Waals surface area contributed by atoms with E-state index in [1.807, 2.05) is 49.9 Å². The molecule has 0 saturated carbocycles. The number of carbonyl (C=O) groups excluding carboxylic acids is 2. The summed E-state index contributed by atoms with van der Waals surface area (Å²) in [4.78, 5) is 29.1. The summed E-state index contributed by atoms with van der Waals surface area (Å²) in [6, 6.07) is 12.6. The van der Waals surface area contributed by atoms with Gasteiger partial charge < -0.3 is 15.5 Å². The number of carbonyl (C=O) groups is 2. The van der Waals surface area contributed by atoms with Crippen LogP contribution >= 0.6 is 0 Å². The average Bonchev–Trinajstić information content (AvgIpc) is 3.04. The molecular formula is C27H33F3N4O2.